The fraction of sp³-hybridized carbons (Fsp3) is 0.600. The van der Waals surface area contributed by atoms with Crippen LogP contribution in [0.4, 0.5) is 0 Å². The molecule has 0 saturated heterocycles. The minimum absolute atomic E-state index is 0.136. The lowest BCUT2D eigenvalue weighted by molar-refractivity contribution is -0.0755. The summed E-state index contributed by atoms with van der Waals surface area (Å²) in [5.74, 6) is 0.576. The SMILES string of the molecule is CC1(C)C(O)CC1NCC(O)COc1ccccc1Cl. The summed E-state index contributed by atoms with van der Waals surface area (Å²) in [6.45, 7) is 4.66. The lowest BCUT2D eigenvalue weighted by Gasteiger charge is -2.49. The Kier molecular flexibility index (Phi) is 4.91. The van der Waals surface area contributed by atoms with Gasteiger partial charge >= 0.3 is 0 Å². The summed E-state index contributed by atoms with van der Waals surface area (Å²) < 4.78 is 5.48. The summed E-state index contributed by atoms with van der Waals surface area (Å²) in [6.07, 6.45) is -0.151. The van der Waals surface area contributed by atoms with Crippen LogP contribution < -0.4 is 10.1 Å². The van der Waals surface area contributed by atoms with Crippen molar-refractivity contribution in [1.82, 2.24) is 5.32 Å². The molecule has 0 aliphatic heterocycles. The normalized spacial score (nSPS) is 25.9. The third kappa shape index (κ3) is 3.44. The highest BCUT2D eigenvalue weighted by atomic mass is 35.5. The maximum absolute atomic E-state index is 9.91. The third-order valence-corrected chi connectivity index (χ3v) is 4.40. The molecule has 3 atom stereocenters. The van der Waals surface area contributed by atoms with Gasteiger partial charge in [-0.15, -0.1) is 0 Å². The first-order chi connectivity index (χ1) is 9.41. The number of para-hydroxylation sites is 1. The first kappa shape index (κ1) is 15.6. The molecule has 1 fully saturated rings. The summed E-state index contributed by atoms with van der Waals surface area (Å²) in [7, 11) is 0. The highest BCUT2D eigenvalue weighted by Gasteiger charge is 2.46. The Morgan fingerprint density at radius 1 is 1.45 bits per heavy atom. The molecule has 5 heteroatoms. The molecular formula is C15H22ClNO3. The van der Waals surface area contributed by atoms with E-state index in [1.54, 1.807) is 12.1 Å². The van der Waals surface area contributed by atoms with Crippen LogP contribution >= 0.6 is 11.6 Å². The van der Waals surface area contributed by atoms with Crippen LogP contribution in [0.25, 0.3) is 0 Å². The largest absolute Gasteiger partial charge is 0.489 e. The van der Waals surface area contributed by atoms with Crippen molar-refractivity contribution in [3.63, 3.8) is 0 Å². The van der Waals surface area contributed by atoms with E-state index in [4.69, 9.17) is 16.3 Å². The zero-order valence-electron chi connectivity index (χ0n) is 11.8. The molecule has 0 spiro atoms. The molecule has 2 rings (SSSR count). The van der Waals surface area contributed by atoms with E-state index in [0.29, 0.717) is 17.3 Å². The second-order valence-electron chi connectivity index (χ2n) is 5.93. The van der Waals surface area contributed by atoms with Crippen molar-refractivity contribution in [3.05, 3.63) is 29.3 Å². The van der Waals surface area contributed by atoms with Gasteiger partial charge in [-0.25, -0.2) is 0 Å². The van der Waals surface area contributed by atoms with Crippen LogP contribution in [0.3, 0.4) is 0 Å². The average Bonchev–Trinajstić information content (AvgIpc) is 2.42. The van der Waals surface area contributed by atoms with Crippen molar-refractivity contribution in [2.24, 2.45) is 5.41 Å². The van der Waals surface area contributed by atoms with Crippen LogP contribution in [0.5, 0.6) is 5.75 Å². The van der Waals surface area contributed by atoms with E-state index in [1.807, 2.05) is 26.0 Å². The van der Waals surface area contributed by atoms with Crippen molar-refractivity contribution in [3.8, 4) is 5.75 Å². The Bertz CT molecular complexity index is 452. The van der Waals surface area contributed by atoms with Gasteiger partial charge in [-0.3, -0.25) is 0 Å². The molecule has 1 aliphatic rings. The molecule has 112 valence electrons. The predicted molar refractivity (Wildman–Crippen MR) is 79.1 cm³/mol. The zero-order valence-corrected chi connectivity index (χ0v) is 12.6. The van der Waals surface area contributed by atoms with Crippen molar-refractivity contribution in [2.45, 2.75) is 38.5 Å². The standard InChI is InChI=1S/C15H22ClNO3/c1-15(2)13(7-14(15)19)17-8-10(18)9-20-12-6-4-3-5-11(12)16/h3-6,10,13-14,17-19H,7-9H2,1-2H3. The number of aliphatic hydroxyl groups is 2. The Hall–Kier alpha value is -0.810. The maximum Gasteiger partial charge on any atom is 0.138 e. The Labute approximate surface area is 124 Å². The smallest absolute Gasteiger partial charge is 0.138 e. The number of nitrogens with one attached hydrogen (secondary N) is 1. The Morgan fingerprint density at radius 2 is 2.15 bits per heavy atom. The predicted octanol–water partition coefficient (Wildman–Crippen LogP) is 1.83. The van der Waals surface area contributed by atoms with Crippen molar-refractivity contribution >= 4 is 11.6 Å². The molecule has 3 unspecified atom stereocenters. The molecule has 0 heterocycles. The van der Waals surface area contributed by atoms with Crippen LogP contribution in [-0.2, 0) is 0 Å². The van der Waals surface area contributed by atoms with Crippen LogP contribution in [-0.4, -0.2) is 41.6 Å². The molecule has 0 bridgehead atoms. The van der Waals surface area contributed by atoms with Crippen LogP contribution in [0.2, 0.25) is 5.02 Å². The minimum Gasteiger partial charge on any atom is -0.489 e. The van der Waals surface area contributed by atoms with Gasteiger partial charge in [0.15, 0.2) is 0 Å². The molecule has 3 N–H and O–H groups in total. The maximum atomic E-state index is 9.91. The van der Waals surface area contributed by atoms with Gasteiger partial charge in [-0.2, -0.15) is 0 Å². The first-order valence-corrected chi connectivity index (χ1v) is 7.26. The van der Waals surface area contributed by atoms with Gasteiger partial charge in [0.2, 0.25) is 0 Å². The van der Waals surface area contributed by atoms with Crippen LogP contribution in [0.15, 0.2) is 24.3 Å². The summed E-state index contributed by atoms with van der Waals surface area (Å²) in [4.78, 5) is 0. The second-order valence-corrected chi connectivity index (χ2v) is 6.34. The van der Waals surface area contributed by atoms with Gasteiger partial charge in [-0.05, 0) is 18.6 Å². The monoisotopic (exact) mass is 299 g/mol. The number of hydrogen-bond donors (Lipinski definition) is 3. The van der Waals surface area contributed by atoms with E-state index in [9.17, 15) is 10.2 Å². The second kappa shape index (κ2) is 6.31. The van der Waals surface area contributed by atoms with Gasteiger partial charge in [0.05, 0.1) is 11.1 Å². The molecule has 1 aromatic carbocycles. The third-order valence-electron chi connectivity index (χ3n) is 4.08. The highest BCUT2D eigenvalue weighted by Crippen LogP contribution is 2.40. The number of aliphatic hydroxyl groups excluding tert-OH is 2. The highest BCUT2D eigenvalue weighted by molar-refractivity contribution is 6.32. The van der Waals surface area contributed by atoms with Crippen molar-refractivity contribution < 1.29 is 14.9 Å². The van der Waals surface area contributed by atoms with E-state index in [1.165, 1.54) is 0 Å². The van der Waals surface area contributed by atoms with Gasteiger partial charge < -0.3 is 20.3 Å². The summed E-state index contributed by atoms with van der Waals surface area (Å²) in [5, 5.41) is 23.4. The molecule has 1 aromatic rings. The van der Waals surface area contributed by atoms with E-state index in [0.717, 1.165) is 6.42 Å². The van der Waals surface area contributed by atoms with Crippen LogP contribution in [0.1, 0.15) is 20.3 Å². The first-order valence-electron chi connectivity index (χ1n) is 6.88. The number of halogens is 1. The number of ether oxygens (including phenoxy) is 1. The van der Waals surface area contributed by atoms with Gasteiger partial charge in [0.25, 0.3) is 0 Å². The van der Waals surface area contributed by atoms with Crippen molar-refractivity contribution in [2.75, 3.05) is 13.2 Å². The van der Waals surface area contributed by atoms with Crippen LogP contribution in [0, 0.1) is 5.41 Å². The minimum atomic E-state index is -0.611. The van der Waals surface area contributed by atoms with E-state index < -0.39 is 6.10 Å². The fourth-order valence-electron chi connectivity index (χ4n) is 2.33. The van der Waals surface area contributed by atoms with Crippen molar-refractivity contribution in [1.29, 1.82) is 0 Å². The molecular weight excluding hydrogens is 278 g/mol. The molecule has 4 nitrogen and oxygen atoms in total. The molecule has 20 heavy (non-hydrogen) atoms. The molecule has 0 radical (unpaired) electrons. The molecule has 1 saturated carbocycles. The Morgan fingerprint density at radius 3 is 2.75 bits per heavy atom. The quantitative estimate of drug-likeness (QED) is 0.750. The summed E-state index contributed by atoms with van der Waals surface area (Å²) >= 11 is 5.97. The topological polar surface area (TPSA) is 61.7 Å². The van der Waals surface area contributed by atoms with E-state index >= 15 is 0 Å². The number of hydrogen-bond acceptors (Lipinski definition) is 4. The van der Waals surface area contributed by atoms with Gasteiger partial charge in [0.1, 0.15) is 18.5 Å². The van der Waals surface area contributed by atoms with E-state index in [2.05, 4.69) is 5.32 Å². The van der Waals surface area contributed by atoms with E-state index in [-0.39, 0.29) is 24.2 Å². The fourth-order valence-corrected chi connectivity index (χ4v) is 2.52. The lowest BCUT2D eigenvalue weighted by Crippen LogP contribution is -2.61. The Balaban J connectivity index is 1.71. The number of benzene rings is 1. The zero-order chi connectivity index (χ0) is 14.8. The number of rotatable bonds is 6. The lowest BCUT2D eigenvalue weighted by atomic mass is 9.64. The summed E-state index contributed by atoms with van der Waals surface area (Å²) in [6, 6.07) is 7.42. The van der Waals surface area contributed by atoms with Gasteiger partial charge in [0, 0.05) is 18.0 Å². The van der Waals surface area contributed by atoms with Gasteiger partial charge in [-0.1, -0.05) is 37.6 Å². The average molecular weight is 300 g/mol. The molecule has 0 amide bonds. The summed E-state index contributed by atoms with van der Waals surface area (Å²) in [5.41, 5.74) is -0.136. The molecule has 0 aromatic heterocycles. The molecule has 1 aliphatic carbocycles.